The third kappa shape index (κ3) is 8.62. The predicted molar refractivity (Wildman–Crippen MR) is 188 cm³/mol. The first-order valence-corrected chi connectivity index (χ1v) is 18.0. The molecule has 1 aliphatic rings. The minimum absolute atomic E-state index is 0.0342. The number of nitrogens with one attached hydrogen (secondary N) is 1. The zero-order valence-corrected chi connectivity index (χ0v) is 28.5. The maximum atomic E-state index is 14.7. The average molecular weight is 672 g/mol. The van der Waals surface area contributed by atoms with E-state index >= 15 is 0 Å². The van der Waals surface area contributed by atoms with Crippen LogP contribution in [0.15, 0.2) is 108 Å². The number of carbonyl (C=O) groups excluding carboxylic acids is 2. The van der Waals surface area contributed by atoms with Crippen molar-refractivity contribution < 1.29 is 18.0 Å². The van der Waals surface area contributed by atoms with Crippen LogP contribution in [0.25, 0.3) is 0 Å². The highest BCUT2D eigenvalue weighted by Gasteiger charge is 2.36. The zero-order valence-electron chi connectivity index (χ0n) is 26.9. The van der Waals surface area contributed by atoms with E-state index in [-0.39, 0.29) is 29.8 Å². The molecule has 0 unspecified atom stereocenters. The number of rotatable bonds is 12. The van der Waals surface area contributed by atoms with E-state index in [1.165, 1.54) is 21.3 Å². The first-order valence-electron chi connectivity index (χ1n) is 16.2. The van der Waals surface area contributed by atoms with Gasteiger partial charge in [0.25, 0.3) is 10.0 Å². The number of hydrogen-bond acceptors (Lipinski definition) is 4. The van der Waals surface area contributed by atoms with Crippen LogP contribution in [0.3, 0.4) is 0 Å². The molecule has 246 valence electrons. The number of nitrogens with zero attached hydrogens (tertiary/aromatic N) is 2. The number of carbonyl (C=O) groups is 2. The molecule has 1 atom stereocenters. The molecule has 5 rings (SSSR count). The van der Waals surface area contributed by atoms with Crippen LogP contribution in [-0.4, -0.2) is 43.8 Å². The molecule has 0 saturated heterocycles. The summed E-state index contributed by atoms with van der Waals surface area (Å²) in [7, 11) is -4.16. The van der Waals surface area contributed by atoms with E-state index < -0.39 is 28.5 Å². The average Bonchev–Trinajstić information content (AvgIpc) is 3.08. The molecule has 1 saturated carbocycles. The van der Waals surface area contributed by atoms with E-state index in [4.69, 9.17) is 11.6 Å². The SMILES string of the molecule is Cc1cccc(N(CC(=O)N(Cc2ccc(Cl)cc2)[C@H](Cc2ccccc2)C(=O)NC2CCCCC2)S(=O)(=O)c2ccccc2)c1C. The van der Waals surface area contributed by atoms with Crippen molar-refractivity contribution in [3.8, 4) is 0 Å². The summed E-state index contributed by atoms with van der Waals surface area (Å²) in [5, 5.41) is 3.79. The van der Waals surface area contributed by atoms with Gasteiger partial charge in [-0.2, -0.15) is 0 Å². The van der Waals surface area contributed by atoms with Crippen LogP contribution in [0.4, 0.5) is 5.69 Å². The molecule has 0 aromatic heterocycles. The highest BCUT2D eigenvalue weighted by atomic mass is 35.5. The maximum absolute atomic E-state index is 14.7. The lowest BCUT2D eigenvalue weighted by Crippen LogP contribution is -2.55. The molecule has 47 heavy (non-hydrogen) atoms. The Hall–Kier alpha value is -4.14. The Morgan fingerprint density at radius 2 is 1.45 bits per heavy atom. The second kappa shape index (κ2) is 15.6. The van der Waals surface area contributed by atoms with Crippen LogP contribution < -0.4 is 9.62 Å². The minimum atomic E-state index is -4.16. The fourth-order valence-corrected chi connectivity index (χ4v) is 7.74. The van der Waals surface area contributed by atoms with Crippen LogP contribution in [-0.2, 0) is 32.6 Å². The van der Waals surface area contributed by atoms with Crippen molar-refractivity contribution in [1.29, 1.82) is 0 Å². The highest BCUT2D eigenvalue weighted by Crippen LogP contribution is 2.29. The number of halogens is 1. The second-order valence-electron chi connectivity index (χ2n) is 12.2. The van der Waals surface area contributed by atoms with Gasteiger partial charge in [-0.1, -0.05) is 104 Å². The Morgan fingerprint density at radius 1 is 0.809 bits per heavy atom. The maximum Gasteiger partial charge on any atom is 0.264 e. The normalized spacial score (nSPS) is 14.3. The summed E-state index contributed by atoms with van der Waals surface area (Å²) in [6, 6.07) is 29.4. The van der Waals surface area contributed by atoms with Gasteiger partial charge in [0.1, 0.15) is 12.6 Å². The fourth-order valence-electron chi connectivity index (χ4n) is 6.12. The lowest BCUT2D eigenvalue weighted by Gasteiger charge is -2.35. The van der Waals surface area contributed by atoms with Crippen LogP contribution in [0.5, 0.6) is 0 Å². The quantitative estimate of drug-likeness (QED) is 0.172. The molecule has 0 aliphatic heterocycles. The second-order valence-corrected chi connectivity index (χ2v) is 14.5. The molecule has 1 aliphatic carbocycles. The van der Waals surface area contributed by atoms with Gasteiger partial charge in [0, 0.05) is 24.0 Å². The van der Waals surface area contributed by atoms with E-state index in [1.807, 2.05) is 62.4 Å². The third-order valence-electron chi connectivity index (χ3n) is 8.94. The van der Waals surface area contributed by atoms with E-state index in [0.29, 0.717) is 10.7 Å². The number of aryl methyl sites for hydroxylation is 1. The molecule has 0 spiro atoms. The molecule has 2 amide bonds. The van der Waals surface area contributed by atoms with Crippen LogP contribution in [0.2, 0.25) is 5.02 Å². The van der Waals surface area contributed by atoms with Crippen molar-refractivity contribution in [2.45, 2.75) is 75.9 Å². The molecule has 1 N–H and O–H groups in total. The molecular formula is C38H42ClN3O4S. The molecule has 9 heteroatoms. The van der Waals surface area contributed by atoms with Gasteiger partial charge in [-0.15, -0.1) is 0 Å². The number of sulfonamides is 1. The topological polar surface area (TPSA) is 86.8 Å². The van der Waals surface area contributed by atoms with Gasteiger partial charge < -0.3 is 10.2 Å². The minimum Gasteiger partial charge on any atom is -0.352 e. The Balaban J connectivity index is 1.58. The third-order valence-corrected chi connectivity index (χ3v) is 11.0. The van der Waals surface area contributed by atoms with E-state index in [0.717, 1.165) is 54.4 Å². The molecule has 4 aromatic carbocycles. The largest absolute Gasteiger partial charge is 0.352 e. The van der Waals surface area contributed by atoms with Crippen molar-refractivity contribution in [3.63, 3.8) is 0 Å². The Bertz CT molecular complexity index is 1760. The predicted octanol–water partition coefficient (Wildman–Crippen LogP) is 7.24. The van der Waals surface area contributed by atoms with Gasteiger partial charge in [0.05, 0.1) is 10.6 Å². The van der Waals surface area contributed by atoms with Crippen molar-refractivity contribution in [1.82, 2.24) is 10.2 Å². The Morgan fingerprint density at radius 3 is 2.11 bits per heavy atom. The summed E-state index contributed by atoms with van der Waals surface area (Å²) in [4.78, 5) is 30.5. The van der Waals surface area contributed by atoms with Gasteiger partial charge in [-0.25, -0.2) is 8.42 Å². The van der Waals surface area contributed by atoms with Crippen molar-refractivity contribution in [3.05, 3.63) is 130 Å². The summed E-state index contributed by atoms with van der Waals surface area (Å²) in [6.07, 6.45) is 5.29. The van der Waals surface area contributed by atoms with E-state index in [1.54, 1.807) is 42.5 Å². The van der Waals surface area contributed by atoms with Gasteiger partial charge in [-0.05, 0) is 79.3 Å². The number of hydrogen-bond donors (Lipinski definition) is 1. The molecule has 1 fully saturated rings. The summed E-state index contributed by atoms with van der Waals surface area (Å²) >= 11 is 6.19. The smallest absolute Gasteiger partial charge is 0.264 e. The lowest BCUT2D eigenvalue weighted by atomic mass is 9.94. The van der Waals surface area contributed by atoms with Gasteiger partial charge in [-0.3, -0.25) is 13.9 Å². The van der Waals surface area contributed by atoms with E-state index in [9.17, 15) is 18.0 Å². The molecular weight excluding hydrogens is 630 g/mol. The summed E-state index contributed by atoms with van der Waals surface area (Å²) in [5.41, 5.74) is 3.74. The first-order chi connectivity index (χ1) is 22.6. The monoisotopic (exact) mass is 671 g/mol. The summed E-state index contributed by atoms with van der Waals surface area (Å²) in [5.74, 6) is -0.729. The van der Waals surface area contributed by atoms with Crippen molar-refractivity contribution >= 4 is 39.1 Å². The van der Waals surface area contributed by atoms with E-state index in [2.05, 4.69) is 5.32 Å². The van der Waals surface area contributed by atoms with Crippen molar-refractivity contribution in [2.24, 2.45) is 0 Å². The van der Waals surface area contributed by atoms with Crippen LogP contribution >= 0.6 is 11.6 Å². The number of benzene rings is 4. The van der Waals surface area contributed by atoms with Gasteiger partial charge in [0.2, 0.25) is 11.8 Å². The summed E-state index contributed by atoms with van der Waals surface area (Å²) in [6.45, 7) is 3.37. The van der Waals surface area contributed by atoms with Gasteiger partial charge >= 0.3 is 0 Å². The molecule has 0 heterocycles. The van der Waals surface area contributed by atoms with Crippen LogP contribution in [0, 0.1) is 13.8 Å². The van der Waals surface area contributed by atoms with Crippen molar-refractivity contribution in [2.75, 3.05) is 10.8 Å². The van der Waals surface area contributed by atoms with Crippen LogP contribution in [0.1, 0.15) is 54.4 Å². The Labute approximate surface area is 283 Å². The standard InChI is InChI=1S/C38H42ClN3O4S/c1-28-13-12-20-35(29(28)2)42(47(45,46)34-18-10-5-11-19-34)27-37(43)41(26-31-21-23-32(39)24-22-31)36(25-30-14-6-3-7-15-30)38(44)40-33-16-8-4-9-17-33/h3,5-7,10-15,18-24,33,36H,4,8-9,16-17,25-27H2,1-2H3,(H,40,44)/t36-/m1/s1. The molecule has 4 aromatic rings. The first kappa shape index (κ1) is 34.2. The van der Waals surface area contributed by atoms with Gasteiger partial charge in [0.15, 0.2) is 0 Å². The highest BCUT2D eigenvalue weighted by molar-refractivity contribution is 7.92. The molecule has 7 nitrogen and oxygen atoms in total. The molecule has 0 bridgehead atoms. The zero-order chi connectivity index (χ0) is 33.4. The summed E-state index contributed by atoms with van der Waals surface area (Å²) < 4.78 is 29.7. The Kier molecular flexibility index (Phi) is 11.4. The fraction of sp³-hybridized carbons (Fsp3) is 0.316. The number of amides is 2. The lowest BCUT2D eigenvalue weighted by molar-refractivity contribution is -0.140. The molecule has 0 radical (unpaired) electrons. The number of anilines is 1.